The SMILES string of the molecule is CC(C)(C#Cc1ccc(-c2ccc(Cl)c3c(CN(C(=O)CCCN(C(=O)OCOP(=O)(O)O)[C@H](C(=O)O)c4ccccc4)S(=O)O)nn(CC(F)(F)F)c23)c([C@H](Cc2cc(F)cc(F)c2)NC(=O)Cn2nc(C(F)(F)F)c3c2C(F)(F)[C@@H]2C[C@H]32)n1)S(C)(=O)=O. The van der Waals surface area contributed by atoms with E-state index in [1.807, 2.05) is 0 Å². The van der Waals surface area contributed by atoms with E-state index in [9.17, 15) is 81.2 Å². The number of carboxylic acids is 1. The zero-order valence-electron chi connectivity index (χ0n) is 46.0. The molecular weight excluding hydrogens is 1290 g/mol. The number of ether oxygens (including phenoxy) is 1. The minimum Gasteiger partial charge on any atom is -0.479 e. The number of amides is 3. The van der Waals surface area contributed by atoms with Gasteiger partial charge in [0.2, 0.25) is 18.6 Å². The van der Waals surface area contributed by atoms with Crippen molar-refractivity contribution in [3.05, 3.63) is 135 Å². The van der Waals surface area contributed by atoms with Crippen LogP contribution in [0.1, 0.15) is 96.3 Å². The fourth-order valence-corrected chi connectivity index (χ4v) is 11.2. The average molecular weight is 1340 g/mol. The lowest BCUT2D eigenvalue weighted by Crippen LogP contribution is -2.41. The van der Waals surface area contributed by atoms with Gasteiger partial charge in [-0.2, -0.15) is 45.3 Å². The van der Waals surface area contributed by atoms with Crippen molar-refractivity contribution in [3.8, 4) is 23.0 Å². The average Bonchev–Trinajstić information content (AvgIpc) is 1.52. The third-order valence-electron chi connectivity index (χ3n) is 14.2. The molecule has 3 aromatic carbocycles. The van der Waals surface area contributed by atoms with Crippen molar-refractivity contribution < 1.29 is 109 Å². The highest BCUT2D eigenvalue weighted by molar-refractivity contribution is 7.92. The van der Waals surface area contributed by atoms with Crippen LogP contribution in [-0.2, 0) is 87.5 Å². The molecular formula is C53H48ClF10N8O14PS2. The lowest BCUT2D eigenvalue weighted by molar-refractivity contribution is -0.144. The molecule has 0 saturated heterocycles. The van der Waals surface area contributed by atoms with Gasteiger partial charge in [0.05, 0.1) is 34.5 Å². The number of carbonyl (C=O) groups is 4. The smallest absolute Gasteiger partial charge is 0.472 e. The predicted molar refractivity (Wildman–Crippen MR) is 291 cm³/mol. The number of sulfone groups is 1. The van der Waals surface area contributed by atoms with Gasteiger partial charge in [-0.25, -0.2) is 49.4 Å². The van der Waals surface area contributed by atoms with Crippen molar-refractivity contribution in [3.63, 3.8) is 0 Å². The molecule has 2 aliphatic carbocycles. The number of phosphoric ester groups is 1. The second-order valence-electron chi connectivity index (χ2n) is 20.9. The van der Waals surface area contributed by atoms with Gasteiger partial charge in [-0.15, -0.1) is 0 Å². The summed E-state index contributed by atoms with van der Waals surface area (Å²) in [4.78, 5) is 77.3. The van der Waals surface area contributed by atoms with Gasteiger partial charge in [0, 0.05) is 53.3 Å². The van der Waals surface area contributed by atoms with Gasteiger partial charge in [0.15, 0.2) is 21.6 Å². The normalized spacial score (nSPS) is 16.6. The van der Waals surface area contributed by atoms with Crippen LogP contribution in [0, 0.1) is 29.4 Å². The molecule has 5 atom stereocenters. The van der Waals surface area contributed by atoms with Gasteiger partial charge in [0.1, 0.15) is 40.9 Å². The minimum atomic E-state index is -5.26. The summed E-state index contributed by atoms with van der Waals surface area (Å²) in [5.41, 5.74) is -6.72. The first-order chi connectivity index (χ1) is 41.3. The molecule has 0 radical (unpaired) electrons. The molecule has 1 saturated carbocycles. The lowest BCUT2D eigenvalue weighted by Gasteiger charge is -2.28. The molecule has 8 rings (SSSR count). The number of aromatic nitrogens is 5. The standard InChI is InChI=1S/C53H48ClF10N8O14PS2/c1-50(2,89(3,83)84)16-15-31-11-12-32(43(65-31)37(20-27-18-29(55)21-30(56)19-27)66-39(73)24-70-47-41(46(68-70)53(62,63)64)34-22-35(34)52(47,60)61)33-13-14-36(54)42-38(67-71(45(33)42)25-51(57,58)59)23-72(88(81)82)40(74)10-7-17-69(49(77)85-26-86-87(78,79)80)44(48(75)76)28-8-5-4-6-9-28/h4-6,8-9,11-14,18-19,21,34-35,37,44H,7,10,17,20,22-26H2,1-3H3,(H,66,73)(H,75,76)(H,81,82)(H2,78,79,80)/t34-,35+,37-,44-/m0/s1. The van der Waals surface area contributed by atoms with Gasteiger partial charge in [-0.3, -0.25) is 28.4 Å². The van der Waals surface area contributed by atoms with Crippen LogP contribution < -0.4 is 5.32 Å². The number of nitrogens with zero attached hydrogens (tertiary/aromatic N) is 7. The zero-order chi connectivity index (χ0) is 65.7. The van der Waals surface area contributed by atoms with E-state index in [-0.39, 0.29) is 43.4 Å². The summed E-state index contributed by atoms with van der Waals surface area (Å²) in [6.45, 7) is -4.17. The van der Waals surface area contributed by atoms with Crippen molar-refractivity contribution in [2.24, 2.45) is 5.92 Å². The number of aliphatic carboxylic acids is 1. The van der Waals surface area contributed by atoms with E-state index in [0.29, 0.717) is 15.6 Å². The van der Waals surface area contributed by atoms with Crippen molar-refractivity contribution in [1.29, 1.82) is 0 Å². The number of nitrogens with one attached hydrogen (secondary N) is 1. The van der Waals surface area contributed by atoms with Crippen molar-refractivity contribution in [1.82, 2.24) is 39.1 Å². The van der Waals surface area contributed by atoms with E-state index in [4.69, 9.17) is 26.1 Å². The highest BCUT2D eigenvalue weighted by Crippen LogP contribution is 2.68. The number of benzene rings is 3. The van der Waals surface area contributed by atoms with Crippen LogP contribution in [0.2, 0.25) is 5.02 Å². The summed E-state index contributed by atoms with van der Waals surface area (Å²) >= 11 is 3.36. The molecule has 2 aliphatic rings. The third kappa shape index (κ3) is 15.4. The van der Waals surface area contributed by atoms with Crippen LogP contribution in [0.3, 0.4) is 0 Å². The second kappa shape index (κ2) is 25.4. The molecule has 1 unspecified atom stereocenters. The van der Waals surface area contributed by atoms with E-state index in [1.54, 1.807) is 0 Å². The maximum atomic E-state index is 15.7. The molecule has 478 valence electrons. The number of carboxylic acid groups (broad SMARTS) is 1. The number of hydrogen-bond acceptors (Lipinski definition) is 13. The Labute approximate surface area is 504 Å². The summed E-state index contributed by atoms with van der Waals surface area (Å²) in [5, 5.41) is 19.2. The Balaban J connectivity index is 1.23. The molecule has 0 spiro atoms. The molecule has 3 amide bonds. The van der Waals surface area contributed by atoms with Crippen molar-refractivity contribution >= 4 is 75.3 Å². The predicted octanol–water partition coefficient (Wildman–Crippen LogP) is 8.87. The van der Waals surface area contributed by atoms with Crippen molar-refractivity contribution in [2.75, 3.05) is 19.6 Å². The Morgan fingerprint density at radius 1 is 0.966 bits per heavy atom. The fraction of sp³-hybridized carbons (Fsp3) is 0.377. The largest absolute Gasteiger partial charge is 0.479 e. The maximum Gasteiger partial charge on any atom is 0.472 e. The van der Waals surface area contributed by atoms with E-state index < -0.39 is 208 Å². The maximum absolute atomic E-state index is 15.7. The summed E-state index contributed by atoms with van der Waals surface area (Å²) in [6, 6.07) is 9.59. The number of hydrogen-bond donors (Lipinski definition) is 5. The van der Waals surface area contributed by atoms with Gasteiger partial charge in [-0.1, -0.05) is 53.9 Å². The number of phosphoric acid groups is 1. The number of alkyl halides is 8. The number of rotatable bonds is 22. The van der Waals surface area contributed by atoms with Crippen LogP contribution >= 0.6 is 19.4 Å². The minimum absolute atomic E-state index is 0.0390. The summed E-state index contributed by atoms with van der Waals surface area (Å²) in [7, 11) is -9.19. The number of fused-ring (bicyclic) bond motifs is 4. The van der Waals surface area contributed by atoms with Crippen LogP contribution in [-0.4, -0.2) is 120 Å². The topological polar surface area (TPSA) is 303 Å². The lowest BCUT2D eigenvalue weighted by atomic mass is 9.93. The summed E-state index contributed by atoms with van der Waals surface area (Å²) < 4.78 is 217. The molecule has 6 aromatic rings. The van der Waals surface area contributed by atoms with Gasteiger partial charge >= 0.3 is 32.2 Å². The molecule has 1 fully saturated rings. The first kappa shape index (κ1) is 67.4. The van der Waals surface area contributed by atoms with E-state index in [0.717, 1.165) is 42.7 Å². The molecule has 0 bridgehead atoms. The van der Waals surface area contributed by atoms with Crippen molar-refractivity contribution in [2.45, 2.75) is 100 Å². The first-order valence-electron chi connectivity index (χ1n) is 25.9. The molecule has 3 aromatic heterocycles. The number of halogens is 11. The second-order valence-corrected chi connectivity index (χ2v) is 26.0. The molecule has 89 heavy (non-hydrogen) atoms. The highest BCUT2D eigenvalue weighted by Gasteiger charge is 2.68. The molecule has 3 heterocycles. The number of carbonyl (C=O) groups excluding carboxylic acids is 3. The van der Waals surface area contributed by atoms with E-state index >= 15 is 8.78 Å². The fourth-order valence-electron chi connectivity index (χ4n) is 10.00. The van der Waals surface area contributed by atoms with Gasteiger partial charge < -0.3 is 24.9 Å². The quantitative estimate of drug-likeness (QED) is 0.0139. The molecule has 0 aliphatic heterocycles. The zero-order valence-corrected chi connectivity index (χ0v) is 49.3. The van der Waals surface area contributed by atoms with Gasteiger partial charge in [0.25, 0.3) is 17.2 Å². The highest BCUT2D eigenvalue weighted by atomic mass is 35.5. The van der Waals surface area contributed by atoms with Crippen LogP contribution in [0.4, 0.5) is 48.7 Å². The molecule has 36 heteroatoms. The van der Waals surface area contributed by atoms with Crippen LogP contribution in [0.5, 0.6) is 0 Å². The van der Waals surface area contributed by atoms with E-state index in [2.05, 4.69) is 36.9 Å². The Morgan fingerprint density at radius 2 is 1.62 bits per heavy atom. The monoisotopic (exact) mass is 1340 g/mol. The Hall–Kier alpha value is -7.51. The Morgan fingerprint density at radius 3 is 2.21 bits per heavy atom. The van der Waals surface area contributed by atoms with Crippen LogP contribution in [0.25, 0.3) is 22.0 Å². The Kier molecular flexibility index (Phi) is 19.2. The number of pyridine rings is 1. The third-order valence-corrected chi connectivity index (χ3v) is 17.7. The molecule has 5 N–H and O–H groups in total. The van der Waals surface area contributed by atoms with Crippen LogP contribution in [0.15, 0.2) is 72.8 Å². The summed E-state index contributed by atoms with van der Waals surface area (Å²) in [5.74, 6) is -8.27. The summed E-state index contributed by atoms with van der Waals surface area (Å²) in [6.07, 6.45) is -13.6. The molecule has 22 nitrogen and oxygen atoms in total. The Bertz CT molecular complexity index is 4030. The van der Waals surface area contributed by atoms with Gasteiger partial charge in [-0.05, 0) is 86.4 Å². The van der Waals surface area contributed by atoms with E-state index in [1.165, 1.54) is 44.2 Å². The first-order valence-corrected chi connectivity index (χ1v) is 30.7.